The standard InChI is InChI=1S/C23H30N2O2/c1-4-21(20-11-10-18-7-5-6-8-19(18)14-20)25-23(26)24-15-27-22-12-9-16(2)13-17(22)3/h9-14,21H,4-8,15H2,1-3H3,(H2,24,25,26). The number of rotatable bonds is 6. The van der Waals surface area contributed by atoms with Crippen LogP contribution in [0.25, 0.3) is 0 Å². The minimum Gasteiger partial charge on any atom is -0.473 e. The fourth-order valence-corrected chi connectivity index (χ4v) is 3.74. The molecule has 3 rings (SSSR count). The van der Waals surface area contributed by atoms with Gasteiger partial charge in [0.15, 0.2) is 6.73 Å². The van der Waals surface area contributed by atoms with Crippen LogP contribution < -0.4 is 15.4 Å². The number of hydrogen-bond donors (Lipinski definition) is 2. The molecule has 4 heteroatoms. The molecule has 2 amide bonds. The molecule has 1 atom stereocenters. The van der Waals surface area contributed by atoms with Crippen LogP contribution in [0.4, 0.5) is 4.79 Å². The van der Waals surface area contributed by atoms with Gasteiger partial charge in [-0.2, -0.15) is 0 Å². The zero-order valence-electron chi connectivity index (χ0n) is 16.6. The van der Waals surface area contributed by atoms with Gasteiger partial charge in [-0.3, -0.25) is 0 Å². The van der Waals surface area contributed by atoms with E-state index in [0.717, 1.165) is 24.2 Å². The number of amides is 2. The number of hydrogen-bond acceptors (Lipinski definition) is 2. The number of carbonyl (C=O) groups excluding carboxylic acids is 1. The molecule has 1 aliphatic rings. The van der Waals surface area contributed by atoms with E-state index < -0.39 is 0 Å². The lowest BCUT2D eigenvalue weighted by Crippen LogP contribution is -2.39. The summed E-state index contributed by atoms with van der Waals surface area (Å²) in [7, 11) is 0. The van der Waals surface area contributed by atoms with Crippen LogP contribution in [-0.4, -0.2) is 12.8 Å². The maximum Gasteiger partial charge on any atom is 0.317 e. The lowest BCUT2D eigenvalue weighted by Gasteiger charge is -2.22. The largest absolute Gasteiger partial charge is 0.473 e. The smallest absolute Gasteiger partial charge is 0.317 e. The van der Waals surface area contributed by atoms with Crippen molar-refractivity contribution in [2.24, 2.45) is 0 Å². The summed E-state index contributed by atoms with van der Waals surface area (Å²) < 4.78 is 5.69. The van der Waals surface area contributed by atoms with E-state index in [-0.39, 0.29) is 18.8 Å². The number of aryl methyl sites for hydroxylation is 4. The zero-order chi connectivity index (χ0) is 19.2. The Balaban J connectivity index is 1.54. The van der Waals surface area contributed by atoms with E-state index in [1.165, 1.54) is 41.5 Å². The first-order chi connectivity index (χ1) is 13.1. The van der Waals surface area contributed by atoms with Gasteiger partial charge < -0.3 is 15.4 Å². The van der Waals surface area contributed by atoms with Crippen LogP contribution in [0.3, 0.4) is 0 Å². The van der Waals surface area contributed by atoms with E-state index in [2.05, 4.69) is 41.8 Å². The molecule has 0 radical (unpaired) electrons. The third-order valence-electron chi connectivity index (χ3n) is 5.28. The van der Waals surface area contributed by atoms with Crippen LogP contribution in [0.5, 0.6) is 5.75 Å². The molecule has 0 aliphatic heterocycles. The summed E-state index contributed by atoms with van der Waals surface area (Å²) in [6, 6.07) is 12.5. The summed E-state index contributed by atoms with van der Waals surface area (Å²) in [5, 5.41) is 5.87. The highest BCUT2D eigenvalue weighted by Gasteiger charge is 2.16. The topological polar surface area (TPSA) is 50.4 Å². The van der Waals surface area contributed by atoms with Crippen LogP contribution in [-0.2, 0) is 12.8 Å². The molecule has 0 heterocycles. The number of fused-ring (bicyclic) bond motifs is 1. The van der Waals surface area contributed by atoms with E-state index in [1.54, 1.807) is 0 Å². The maximum absolute atomic E-state index is 12.3. The first-order valence-electron chi connectivity index (χ1n) is 9.93. The Hall–Kier alpha value is -2.49. The van der Waals surface area contributed by atoms with Crippen LogP contribution in [0, 0.1) is 13.8 Å². The molecule has 1 aliphatic carbocycles. The molecule has 0 fully saturated rings. The van der Waals surface area contributed by atoms with Gasteiger partial charge in [0.1, 0.15) is 5.75 Å². The third kappa shape index (κ3) is 5.03. The summed E-state index contributed by atoms with van der Waals surface area (Å²) >= 11 is 0. The lowest BCUT2D eigenvalue weighted by atomic mass is 9.89. The van der Waals surface area contributed by atoms with Gasteiger partial charge in [-0.15, -0.1) is 0 Å². The van der Waals surface area contributed by atoms with Crippen LogP contribution in [0.2, 0.25) is 0 Å². The van der Waals surface area contributed by atoms with Crippen LogP contribution >= 0.6 is 0 Å². The average molecular weight is 367 g/mol. The fourth-order valence-electron chi connectivity index (χ4n) is 3.74. The Bertz CT molecular complexity index is 801. The van der Waals surface area contributed by atoms with Crippen molar-refractivity contribution in [3.05, 3.63) is 64.2 Å². The molecule has 0 aromatic heterocycles. The number of urea groups is 1. The molecule has 0 spiro atoms. The van der Waals surface area contributed by atoms with Gasteiger partial charge in [-0.05, 0) is 74.3 Å². The minimum atomic E-state index is -0.204. The van der Waals surface area contributed by atoms with Crippen molar-refractivity contribution in [1.29, 1.82) is 0 Å². The highest BCUT2D eigenvalue weighted by molar-refractivity contribution is 5.74. The molecular formula is C23H30N2O2. The Morgan fingerprint density at radius 1 is 1.07 bits per heavy atom. The molecule has 144 valence electrons. The predicted molar refractivity (Wildman–Crippen MR) is 109 cm³/mol. The van der Waals surface area contributed by atoms with Crippen molar-refractivity contribution in [3.8, 4) is 5.75 Å². The second-order valence-corrected chi connectivity index (χ2v) is 7.40. The first-order valence-corrected chi connectivity index (χ1v) is 9.93. The number of nitrogens with one attached hydrogen (secondary N) is 2. The fraction of sp³-hybridized carbons (Fsp3) is 0.435. The number of ether oxygens (including phenoxy) is 1. The van der Waals surface area contributed by atoms with E-state index in [9.17, 15) is 4.79 Å². The van der Waals surface area contributed by atoms with Gasteiger partial charge >= 0.3 is 6.03 Å². The Morgan fingerprint density at radius 3 is 2.59 bits per heavy atom. The van der Waals surface area contributed by atoms with Gasteiger partial charge in [0.05, 0.1) is 6.04 Å². The lowest BCUT2D eigenvalue weighted by molar-refractivity contribution is 0.220. The second kappa shape index (κ2) is 8.94. The van der Waals surface area contributed by atoms with Gasteiger partial charge in [-0.25, -0.2) is 4.79 Å². The minimum absolute atomic E-state index is 0.0123. The molecule has 0 saturated carbocycles. The van der Waals surface area contributed by atoms with Crippen molar-refractivity contribution >= 4 is 6.03 Å². The molecule has 1 unspecified atom stereocenters. The summed E-state index contributed by atoms with van der Waals surface area (Å²) in [6.07, 6.45) is 5.72. The molecule has 2 aromatic carbocycles. The molecule has 4 nitrogen and oxygen atoms in total. The van der Waals surface area contributed by atoms with Crippen molar-refractivity contribution in [2.75, 3.05) is 6.73 Å². The van der Waals surface area contributed by atoms with Gasteiger partial charge in [-0.1, -0.05) is 42.8 Å². The third-order valence-corrected chi connectivity index (χ3v) is 5.28. The Kier molecular flexibility index (Phi) is 6.38. The monoisotopic (exact) mass is 366 g/mol. The highest BCUT2D eigenvalue weighted by Crippen LogP contribution is 2.26. The van der Waals surface area contributed by atoms with Gasteiger partial charge in [0.2, 0.25) is 0 Å². The van der Waals surface area contributed by atoms with Crippen molar-refractivity contribution in [3.63, 3.8) is 0 Å². The van der Waals surface area contributed by atoms with Crippen molar-refractivity contribution in [2.45, 2.75) is 58.9 Å². The first kappa shape index (κ1) is 19.3. The van der Waals surface area contributed by atoms with E-state index in [1.807, 2.05) is 26.0 Å². The van der Waals surface area contributed by atoms with Crippen LogP contribution in [0.15, 0.2) is 36.4 Å². The van der Waals surface area contributed by atoms with Crippen LogP contribution in [0.1, 0.15) is 60.0 Å². The van der Waals surface area contributed by atoms with Crippen molar-refractivity contribution in [1.82, 2.24) is 10.6 Å². The molecule has 2 aromatic rings. The van der Waals surface area contributed by atoms with E-state index in [0.29, 0.717) is 0 Å². The SMILES string of the molecule is CCC(NC(=O)NCOc1ccc(C)cc1C)c1ccc2c(c1)CCCC2. The number of benzene rings is 2. The summed E-state index contributed by atoms with van der Waals surface area (Å²) in [5.74, 6) is 0.794. The van der Waals surface area contributed by atoms with Crippen molar-refractivity contribution < 1.29 is 9.53 Å². The quantitative estimate of drug-likeness (QED) is 0.709. The summed E-state index contributed by atoms with van der Waals surface area (Å²) in [6.45, 7) is 6.30. The Morgan fingerprint density at radius 2 is 1.85 bits per heavy atom. The normalized spacial score (nSPS) is 14.2. The molecule has 2 N–H and O–H groups in total. The van der Waals surface area contributed by atoms with Gasteiger partial charge in [0.25, 0.3) is 0 Å². The summed E-state index contributed by atoms with van der Waals surface area (Å²) in [4.78, 5) is 12.3. The zero-order valence-corrected chi connectivity index (χ0v) is 16.6. The molecule has 0 saturated heterocycles. The van der Waals surface area contributed by atoms with E-state index >= 15 is 0 Å². The Labute approximate surface area is 162 Å². The van der Waals surface area contributed by atoms with Gasteiger partial charge in [0, 0.05) is 0 Å². The summed E-state index contributed by atoms with van der Waals surface area (Å²) in [5.41, 5.74) is 6.35. The molecule has 0 bridgehead atoms. The second-order valence-electron chi connectivity index (χ2n) is 7.40. The molecule has 27 heavy (non-hydrogen) atoms. The average Bonchev–Trinajstić information content (AvgIpc) is 2.67. The number of carbonyl (C=O) groups is 1. The molecular weight excluding hydrogens is 336 g/mol. The predicted octanol–water partition coefficient (Wildman–Crippen LogP) is 4.97. The van der Waals surface area contributed by atoms with E-state index in [4.69, 9.17) is 4.74 Å². The highest BCUT2D eigenvalue weighted by atomic mass is 16.5. The maximum atomic E-state index is 12.3.